The van der Waals surface area contributed by atoms with Gasteiger partial charge in [0.25, 0.3) is 0 Å². The van der Waals surface area contributed by atoms with E-state index in [-0.39, 0.29) is 11.3 Å². The van der Waals surface area contributed by atoms with Crippen molar-refractivity contribution in [1.29, 1.82) is 0 Å². The lowest BCUT2D eigenvalue weighted by Crippen LogP contribution is -2.40. The Labute approximate surface area is 110 Å². The third kappa shape index (κ3) is 4.58. The maximum Gasteiger partial charge on any atom is 0.307 e. The minimum Gasteiger partial charge on any atom is -0.481 e. The van der Waals surface area contributed by atoms with Crippen LogP contribution in [-0.2, 0) is 9.53 Å². The third-order valence-electron chi connectivity index (χ3n) is 4.14. The van der Waals surface area contributed by atoms with Crippen molar-refractivity contribution < 1.29 is 14.6 Å². The molecule has 0 aromatic rings. The summed E-state index contributed by atoms with van der Waals surface area (Å²) in [4.78, 5) is 10.9. The molecular weight excluding hydrogens is 230 g/mol. The second-order valence-corrected chi connectivity index (χ2v) is 5.95. The highest BCUT2D eigenvalue weighted by atomic mass is 16.5. The molecule has 4 nitrogen and oxygen atoms in total. The Morgan fingerprint density at radius 1 is 1.44 bits per heavy atom. The highest BCUT2D eigenvalue weighted by Gasteiger charge is 2.30. The number of hydrogen-bond donors (Lipinski definition) is 2. The molecule has 1 heterocycles. The van der Waals surface area contributed by atoms with Crippen molar-refractivity contribution >= 4 is 5.97 Å². The molecule has 0 aromatic heterocycles. The molecule has 106 valence electrons. The molecule has 18 heavy (non-hydrogen) atoms. The van der Waals surface area contributed by atoms with Crippen molar-refractivity contribution in [3.8, 4) is 0 Å². The van der Waals surface area contributed by atoms with Gasteiger partial charge in [0.1, 0.15) is 0 Å². The molecule has 0 saturated carbocycles. The van der Waals surface area contributed by atoms with E-state index >= 15 is 0 Å². The van der Waals surface area contributed by atoms with Crippen molar-refractivity contribution in [2.45, 2.75) is 40.0 Å². The summed E-state index contributed by atoms with van der Waals surface area (Å²) in [5.74, 6) is -0.298. The lowest BCUT2D eigenvalue weighted by molar-refractivity contribution is -0.141. The molecule has 1 saturated heterocycles. The summed E-state index contributed by atoms with van der Waals surface area (Å²) in [5.41, 5.74) is 0.209. The molecule has 1 atom stereocenters. The number of carboxylic acids is 1. The normalized spacial score (nSPS) is 19.7. The van der Waals surface area contributed by atoms with Gasteiger partial charge in [-0.1, -0.05) is 20.8 Å². The number of hydrogen-bond acceptors (Lipinski definition) is 3. The fraction of sp³-hybridized carbons (Fsp3) is 0.929. The summed E-state index contributed by atoms with van der Waals surface area (Å²) in [6.07, 6.45) is 2.91. The minimum absolute atomic E-state index is 0.209. The van der Waals surface area contributed by atoms with Crippen LogP contribution in [0.25, 0.3) is 0 Å². The second kappa shape index (κ2) is 7.10. The number of carboxylic acid groups (broad SMARTS) is 1. The van der Waals surface area contributed by atoms with Crippen LogP contribution in [-0.4, -0.2) is 37.4 Å². The van der Waals surface area contributed by atoms with E-state index in [2.05, 4.69) is 19.2 Å². The fourth-order valence-electron chi connectivity index (χ4n) is 2.60. The van der Waals surface area contributed by atoms with Crippen molar-refractivity contribution in [1.82, 2.24) is 5.32 Å². The highest BCUT2D eigenvalue weighted by molar-refractivity contribution is 5.70. The van der Waals surface area contributed by atoms with Gasteiger partial charge < -0.3 is 15.2 Å². The first kappa shape index (κ1) is 15.4. The lowest BCUT2D eigenvalue weighted by atomic mass is 9.74. The average molecular weight is 257 g/mol. The average Bonchev–Trinajstić information content (AvgIpc) is 2.35. The molecule has 0 bridgehead atoms. The first-order valence-corrected chi connectivity index (χ1v) is 6.98. The van der Waals surface area contributed by atoms with E-state index in [9.17, 15) is 4.79 Å². The van der Waals surface area contributed by atoms with E-state index in [1.807, 2.05) is 6.92 Å². The lowest BCUT2D eigenvalue weighted by Gasteiger charge is -2.37. The Hall–Kier alpha value is -0.610. The van der Waals surface area contributed by atoms with Gasteiger partial charge in [-0.25, -0.2) is 0 Å². The maximum atomic E-state index is 10.9. The minimum atomic E-state index is -0.700. The zero-order chi connectivity index (χ0) is 13.6. The van der Waals surface area contributed by atoms with Gasteiger partial charge >= 0.3 is 5.97 Å². The van der Waals surface area contributed by atoms with Crippen LogP contribution in [0.15, 0.2) is 0 Å². The third-order valence-corrected chi connectivity index (χ3v) is 4.14. The van der Waals surface area contributed by atoms with E-state index in [0.717, 1.165) is 32.6 Å². The summed E-state index contributed by atoms with van der Waals surface area (Å²) < 4.78 is 5.39. The van der Waals surface area contributed by atoms with Gasteiger partial charge in [0.2, 0.25) is 0 Å². The first-order valence-electron chi connectivity index (χ1n) is 6.98. The van der Waals surface area contributed by atoms with Gasteiger partial charge in [-0.2, -0.15) is 0 Å². The number of aliphatic carboxylic acids is 1. The second-order valence-electron chi connectivity index (χ2n) is 5.95. The monoisotopic (exact) mass is 257 g/mol. The fourth-order valence-corrected chi connectivity index (χ4v) is 2.60. The zero-order valence-electron chi connectivity index (χ0n) is 11.9. The zero-order valence-corrected chi connectivity index (χ0v) is 11.9. The van der Waals surface area contributed by atoms with E-state index in [1.54, 1.807) is 0 Å². The predicted octanol–water partition coefficient (Wildman–Crippen LogP) is 2.14. The van der Waals surface area contributed by atoms with E-state index in [1.165, 1.54) is 0 Å². The van der Waals surface area contributed by atoms with Gasteiger partial charge in [-0.15, -0.1) is 0 Å². The SMILES string of the molecule is CCC(CNCC(C)(C)C1CCOCC1)C(=O)O. The van der Waals surface area contributed by atoms with Crippen molar-refractivity contribution in [3.63, 3.8) is 0 Å². The molecule has 1 unspecified atom stereocenters. The quantitative estimate of drug-likeness (QED) is 0.733. The first-order chi connectivity index (χ1) is 8.47. The standard InChI is InChI=1S/C14H27NO3/c1-4-11(13(16)17)9-15-10-14(2,3)12-5-7-18-8-6-12/h11-12,15H,4-10H2,1-3H3,(H,16,17). The number of nitrogens with one attached hydrogen (secondary N) is 1. The van der Waals surface area contributed by atoms with Crippen molar-refractivity contribution in [2.24, 2.45) is 17.3 Å². The van der Waals surface area contributed by atoms with Crippen LogP contribution in [0.1, 0.15) is 40.0 Å². The molecule has 2 N–H and O–H groups in total. The summed E-state index contributed by atoms with van der Waals surface area (Å²) in [7, 11) is 0. The Morgan fingerprint density at radius 2 is 2.06 bits per heavy atom. The van der Waals surface area contributed by atoms with Crippen molar-refractivity contribution in [3.05, 3.63) is 0 Å². The molecule has 0 amide bonds. The van der Waals surface area contributed by atoms with Gasteiger partial charge in [-0.3, -0.25) is 4.79 Å². The van der Waals surface area contributed by atoms with Crippen LogP contribution in [0.3, 0.4) is 0 Å². The van der Waals surface area contributed by atoms with Gasteiger partial charge in [0.05, 0.1) is 5.92 Å². The molecule has 0 radical (unpaired) electrons. The summed E-state index contributed by atoms with van der Waals surface area (Å²) in [5, 5.41) is 12.3. The van der Waals surface area contributed by atoms with Crippen LogP contribution >= 0.6 is 0 Å². The van der Waals surface area contributed by atoms with E-state index in [4.69, 9.17) is 9.84 Å². The smallest absolute Gasteiger partial charge is 0.307 e. The molecule has 1 aliphatic rings. The van der Waals surface area contributed by atoms with Crippen LogP contribution < -0.4 is 5.32 Å². The molecule has 4 heteroatoms. The van der Waals surface area contributed by atoms with Gasteiger partial charge in [0.15, 0.2) is 0 Å². The molecule has 0 aliphatic carbocycles. The highest BCUT2D eigenvalue weighted by Crippen LogP contribution is 2.33. The van der Waals surface area contributed by atoms with Gasteiger partial charge in [-0.05, 0) is 30.6 Å². The summed E-state index contributed by atoms with van der Waals surface area (Å²) >= 11 is 0. The van der Waals surface area contributed by atoms with E-state index in [0.29, 0.717) is 18.9 Å². The van der Waals surface area contributed by atoms with Gasteiger partial charge in [0, 0.05) is 26.3 Å². The van der Waals surface area contributed by atoms with Crippen LogP contribution in [0.5, 0.6) is 0 Å². The Balaban J connectivity index is 2.33. The number of ether oxygens (including phenoxy) is 1. The Morgan fingerprint density at radius 3 is 2.56 bits per heavy atom. The molecule has 0 aromatic carbocycles. The maximum absolute atomic E-state index is 10.9. The van der Waals surface area contributed by atoms with Crippen LogP contribution in [0.2, 0.25) is 0 Å². The molecule has 1 fully saturated rings. The predicted molar refractivity (Wildman–Crippen MR) is 71.6 cm³/mol. The summed E-state index contributed by atoms with van der Waals surface area (Å²) in [6.45, 7) is 9.61. The van der Waals surface area contributed by atoms with Crippen molar-refractivity contribution in [2.75, 3.05) is 26.3 Å². The number of rotatable bonds is 7. The number of carbonyl (C=O) groups is 1. The van der Waals surface area contributed by atoms with E-state index < -0.39 is 5.97 Å². The van der Waals surface area contributed by atoms with Crippen LogP contribution in [0, 0.1) is 17.3 Å². The molecule has 1 rings (SSSR count). The topological polar surface area (TPSA) is 58.6 Å². The molecular formula is C14H27NO3. The molecule has 1 aliphatic heterocycles. The molecule has 0 spiro atoms. The Kier molecular flexibility index (Phi) is 6.09. The summed E-state index contributed by atoms with van der Waals surface area (Å²) in [6, 6.07) is 0. The largest absolute Gasteiger partial charge is 0.481 e. The van der Waals surface area contributed by atoms with Crippen LogP contribution in [0.4, 0.5) is 0 Å². The Bertz CT molecular complexity index is 260.